The van der Waals surface area contributed by atoms with E-state index in [-0.39, 0.29) is 29.1 Å². The molecule has 3 aliphatic rings. The fourth-order valence-corrected chi connectivity index (χ4v) is 6.75. The van der Waals surface area contributed by atoms with Crippen molar-refractivity contribution in [3.63, 3.8) is 0 Å². The Bertz CT molecular complexity index is 1230. The number of hydrogen-bond donors (Lipinski definition) is 1. The largest absolute Gasteiger partial charge is 0.507 e. The molecule has 2 fully saturated rings. The Kier molecular flexibility index (Phi) is 7.29. The normalized spacial score (nSPS) is 22.6. The summed E-state index contributed by atoms with van der Waals surface area (Å²) in [6.45, 7) is 2.40. The van der Waals surface area contributed by atoms with Crippen LogP contribution in [0.4, 0.5) is 0 Å². The van der Waals surface area contributed by atoms with Crippen molar-refractivity contribution in [3.8, 4) is 11.5 Å². The van der Waals surface area contributed by atoms with E-state index in [1.54, 1.807) is 48.0 Å². The second-order valence-corrected chi connectivity index (χ2v) is 11.4. The number of amides is 1. The van der Waals surface area contributed by atoms with Crippen LogP contribution in [0.2, 0.25) is 0 Å². The number of esters is 1. The molecular formula is C29H32N2O5S. The Morgan fingerprint density at radius 2 is 1.92 bits per heavy atom. The minimum atomic E-state index is -0.599. The van der Waals surface area contributed by atoms with Crippen LogP contribution in [0.25, 0.3) is 0 Å². The van der Waals surface area contributed by atoms with Crippen molar-refractivity contribution in [2.45, 2.75) is 57.1 Å². The Morgan fingerprint density at radius 3 is 2.62 bits per heavy atom. The number of rotatable bonds is 8. The molecule has 2 aromatic carbocycles. The van der Waals surface area contributed by atoms with Crippen LogP contribution in [-0.2, 0) is 20.9 Å². The molecule has 1 aliphatic carbocycles. The molecule has 1 N–H and O–H groups in total. The number of β-lactam (4-membered cyclic amide) rings is 1. The van der Waals surface area contributed by atoms with Crippen molar-refractivity contribution in [1.29, 1.82) is 0 Å². The average Bonchev–Trinajstić information content (AvgIpc) is 3.34. The molecule has 0 spiro atoms. The zero-order valence-corrected chi connectivity index (χ0v) is 22.0. The number of para-hydroxylation sites is 1. The lowest BCUT2D eigenvalue weighted by Gasteiger charge is -2.48. The predicted molar refractivity (Wildman–Crippen MR) is 144 cm³/mol. The van der Waals surface area contributed by atoms with Crippen LogP contribution >= 0.6 is 11.8 Å². The third kappa shape index (κ3) is 5.25. The van der Waals surface area contributed by atoms with Crippen molar-refractivity contribution >= 4 is 29.9 Å². The molecule has 1 saturated carbocycles. The zero-order chi connectivity index (χ0) is 26.0. The number of carbonyl (C=O) groups excluding carboxylic acids is 2. The van der Waals surface area contributed by atoms with Gasteiger partial charge in [0.25, 0.3) is 5.91 Å². The van der Waals surface area contributed by atoms with Gasteiger partial charge < -0.3 is 14.6 Å². The molecule has 194 valence electrons. The van der Waals surface area contributed by atoms with Crippen molar-refractivity contribution in [1.82, 2.24) is 4.90 Å². The smallest absolute Gasteiger partial charge is 0.355 e. The Labute approximate surface area is 221 Å². The number of carbonyl (C=O) groups is 2. The summed E-state index contributed by atoms with van der Waals surface area (Å²) in [5, 5.41) is 9.77. The molecule has 37 heavy (non-hydrogen) atoms. The molecule has 0 radical (unpaired) electrons. The first-order chi connectivity index (χ1) is 17.9. The maximum Gasteiger partial charge on any atom is 0.355 e. The highest BCUT2D eigenvalue weighted by atomic mass is 32.2. The molecule has 8 heteroatoms. The lowest BCUT2D eigenvalue weighted by atomic mass is 9.81. The van der Waals surface area contributed by atoms with Gasteiger partial charge in [0, 0.05) is 17.5 Å². The summed E-state index contributed by atoms with van der Waals surface area (Å²) < 4.78 is 10.9. The summed E-state index contributed by atoms with van der Waals surface area (Å²) in [7, 11) is 1.61. The van der Waals surface area contributed by atoms with E-state index in [9.17, 15) is 14.7 Å². The number of nitrogens with zero attached hydrogens (tertiary/aromatic N) is 2. The van der Waals surface area contributed by atoms with Crippen LogP contribution in [0.15, 0.2) is 64.8 Å². The molecule has 5 rings (SSSR count). The Morgan fingerprint density at radius 1 is 1.19 bits per heavy atom. The summed E-state index contributed by atoms with van der Waals surface area (Å²) in [4.78, 5) is 32.9. The van der Waals surface area contributed by atoms with Gasteiger partial charge in [-0.1, -0.05) is 44.0 Å². The monoisotopic (exact) mass is 520 g/mol. The summed E-state index contributed by atoms with van der Waals surface area (Å²) in [6.07, 6.45) is 6.97. The minimum absolute atomic E-state index is 0.112. The number of fused-ring (bicyclic) bond motifs is 1. The molecule has 0 aromatic heterocycles. The van der Waals surface area contributed by atoms with Crippen LogP contribution in [0.1, 0.15) is 50.2 Å². The second kappa shape index (κ2) is 10.6. The van der Waals surface area contributed by atoms with Gasteiger partial charge in [-0.05, 0) is 60.1 Å². The number of phenols is 1. The van der Waals surface area contributed by atoms with Crippen molar-refractivity contribution in [3.05, 3.63) is 70.9 Å². The third-order valence-corrected chi connectivity index (χ3v) is 8.83. The zero-order valence-electron chi connectivity index (χ0n) is 21.2. The lowest BCUT2D eigenvalue weighted by molar-refractivity contribution is -0.151. The number of benzene rings is 2. The predicted octanol–water partition coefficient (Wildman–Crippen LogP) is 5.07. The Balaban J connectivity index is 1.37. The van der Waals surface area contributed by atoms with E-state index in [0.717, 1.165) is 36.1 Å². The number of hydrogen-bond acceptors (Lipinski definition) is 7. The lowest BCUT2D eigenvalue weighted by Crippen LogP contribution is -2.64. The van der Waals surface area contributed by atoms with E-state index >= 15 is 0 Å². The molecule has 0 bridgehead atoms. The van der Waals surface area contributed by atoms with E-state index in [4.69, 9.17) is 9.47 Å². The van der Waals surface area contributed by atoms with Gasteiger partial charge in [-0.15, -0.1) is 11.8 Å². The first kappa shape index (κ1) is 25.4. The second-order valence-electron chi connectivity index (χ2n) is 10.3. The molecule has 2 aromatic rings. The quantitative estimate of drug-likeness (QED) is 0.297. The highest BCUT2D eigenvalue weighted by Gasteiger charge is 2.54. The van der Waals surface area contributed by atoms with Crippen LogP contribution in [0, 0.1) is 5.41 Å². The first-order valence-corrected chi connectivity index (χ1v) is 13.7. The molecular weight excluding hydrogens is 488 g/mol. The highest BCUT2D eigenvalue weighted by molar-refractivity contribution is 8.00. The molecule has 2 aliphatic heterocycles. The van der Waals surface area contributed by atoms with E-state index in [1.807, 2.05) is 24.3 Å². The van der Waals surface area contributed by atoms with Crippen LogP contribution in [-0.4, -0.2) is 52.4 Å². The fraction of sp³-hybridized carbons (Fsp3) is 0.414. The van der Waals surface area contributed by atoms with Crippen LogP contribution < -0.4 is 4.74 Å². The number of thioether (sulfide) groups is 1. The van der Waals surface area contributed by atoms with E-state index in [1.165, 1.54) is 19.1 Å². The van der Waals surface area contributed by atoms with Gasteiger partial charge >= 0.3 is 5.97 Å². The summed E-state index contributed by atoms with van der Waals surface area (Å²) in [5.41, 5.74) is 2.92. The molecule has 2 heterocycles. The number of methoxy groups -OCH3 is 1. The van der Waals surface area contributed by atoms with Crippen molar-refractivity contribution < 1.29 is 24.2 Å². The number of aliphatic imine (C=N–C) groups is 1. The standard InChI is InChI=1S/C29H32N2O5S/c1-29(13-5-6-14-29)15-21-18-37-27-24(30-16-20-7-3-4-8-23(20)32)26(33)31(27)25(21)28(34)36-17-19-9-11-22(35-2)12-10-19/h3-4,7-12,16,24,27,32H,5-6,13-15,17-18H2,1-2H3/t24-,27-/m1/s1. The summed E-state index contributed by atoms with van der Waals surface area (Å²) >= 11 is 1.64. The van der Waals surface area contributed by atoms with Gasteiger partial charge in [-0.25, -0.2) is 4.79 Å². The highest BCUT2D eigenvalue weighted by Crippen LogP contribution is 2.48. The third-order valence-electron chi connectivity index (χ3n) is 7.50. The van der Waals surface area contributed by atoms with E-state index in [2.05, 4.69) is 11.9 Å². The fourth-order valence-electron chi connectivity index (χ4n) is 5.41. The number of ether oxygens (including phenoxy) is 2. The maximum atomic E-state index is 13.5. The Hall–Kier alpha value is -3.26. The topological polar surface area (TPSA) is 88.4 Å². The molecule has 0 unspecified atom stereocenters. The van der Waals surface area contributed by atoms with Gasteiger partial charge in [0.1, 0.15) is 29.2 Å². The van der Waals surface area contributed by atoms with Gasteiger partial charge in [0.15, 0.2) is 6.04 Å². The van der Waals surface area contributed by atoms with Gasteiger partial charge in [-0.2, -0.15) is 0 Å². The summed E-state index contributed by atoms with van der Waals surface area (Å²) in [5.74, 6) is 0.836. The number of aromatic hydroxyl groups is 1. The first-order valence-electron chi connectivity index (χ1n) is 12.7. The SMILES string of the molecule is COc1ccc(COC(=O)C2=C(CC3(C)CCCC3)CS[C@@H]3[C@H](N=Cc4ccccc4O)C(=O)N23)cc1. The van der Waals surface area contributed by atoms with Gasteiger partial charge in [0.05, 0.1) is 7.11 Å². The molecule has 7 nitrogen and oxygen atoms in total. The van der Waals surface area contributed by atoms with E-state index in [0.29, 0.717) is 17.0 Å². The molecule has 1 amide bonds. The maximum absolute atomic E-state index is 13.5. The van der Waals surface area contributed by atoms with Gasteiger partial charge in [0.2, 0.25) is 0 Å². The average molecular weight is 521 g/mol. The summed E-state index contributed by atoms with van der Waals surface area (Å²) in [6, 6.07) is 13.6. The van der Waals surface area contributed by atoms with Gasteiger partial charge in [-0.3, -0.25) is 14.7 Å². The minimum Gasteiger partial charge on any atom is -0.507 e. The molecule has 2 atom stereocenters. The van der Waals surface area contributed by atoms with Crippen LogP contribution in [0.3, 0.4) is 0 Å². The van der Waals surface area contributed by atoms with Crippen molar-refractivity contribution in [2.24, 2.45) is 10.4 Å². The van der Waals surface area contributed by atoms with Crippen LogP contribution in [0.5, 0.6) is 11.5 Å². The number of phenolic OH excluding ortho intramolecular Hbond substituents is 1. The molecule has 1 saturated heterocycles. The van der Waals surface area contributed by atoms with Crippen molar-refractivity contribution in [2.75, 3.05) is 12.9 Å². The van der Waals surface area contributed by atoms with E-state index < -0.39 is 12.0 Å².